The van der Waals surface area contributed by atoms with Crippen LogP contribution in [0.2, 0.25) is 0 Å². The zero-order chi connectivity index (χ0) is 28.3. The second-order valence-corrected chi connectivity index (χ2v) is 10.5. The van der Waals surface area contributed by atoms with Gasteiger partial charge in [0.25, 0.3) is 5.91 Å². The van der Waals surface area contributed by atoms with Gasteiger partial charge in [0.2, 0.25) is 17.7 Å². The summed E-state index contributed by atoms with van der Waals surface area (Å²) in [5, 5.41) is 9.51. The van der Waals surface area contributed by atoms with Crippen molar-refractivity contribution >= 4 is 29.4 Å². The molecule has 0 spiro atoms. The molecule has 1 saturated heterocycles. The minimum atomic E-state index is -1.25. The number of imide groups is 1. The SMILES string of the molecule is CC(C)[C@H](NC(=O)C[C@H](NC(=O)C1NCCc2ccccc21)c1ccccc1)C(=O)[C@@H]1C(=O)N(N)C(=O)[C@H]1C. The second kappa shape index (κ2) is 11.9. The lowest BCUT2D eigenvalue weighted by Gasteiger charge is -2.29. The van der Waals surface area contributed by atoms with E-state index < -0.39 is 53.5 Å². The van der Waals surface area contributed by atoms with Gasteiger partial charge in [0.1, 0.15) is 12.0 Å². The van der Waals surface area contributed by atoms with Gasteiger partial charge in [-0.15, -0.1) is 0 Å². The fourth-order valence-electron chi connectivity index (χ4n) is 5.31. The lowest BCUT2D eigenvalue weighted by atomic mass is 9.85. The molecule has 5 atom stereocenters. The molecule has 0 bridgehead atoms. The number of benzene rings is 2. The molecule has 0 aromatic heterocycles. The van der Waals surface area contributed by atoms with E-state index in [2.05, 4.69) is 16.0 Å². The van der Waals surface area contributed by atoms with E-state index in [1.165, 1.54) is 6.92 Å². The Hall–Kier alpha value is -3.89. The van der Waals surface area contributed by atoms with Crippen LogP contribution >= 0.6 is 0 Å². The number of rotatable bonds is 9. The summed E-state index contributed by atoms with van der Waals surface area (Å²) in [6, 6.07) is 14.7. The van der Waals surface area contributed by atoms with Crippen molar-refractivity contribution in [3.8, 4) is 0 Å². The van der Waals surface area contributed by atoms with Crippen LogP contribution in [0.15, 0.2) is 54.6 Å². The lowest BCUT2D eigenvalue weighted by molar-refractivity contribution is -0.142. The molecule has 2 heterocycles. The number of fused-ring (bicyclic) bond motifs is 1. The molecule has 2 aliphatic rings. The number of ketones is 1. The number of nitrogens with zero attached hydrogens (tertiary/aromatic N) is 1. The average molecular weight is 534 g/mol. The topological polar surface area (TPSA) is 151 Å². The average Bonchev–Trinajstić information content (AvgIpc) is 3.13. The van der Waals surface area contributed by atoms with Gasteiger partial charge in [-0.05, 0) is 29.0 Å². The molecule has 0 saturated carbocycles. The fraction of sp³-hybridized carbons (Fsp3) is 0.414. The highest BCUT2D eigenvalue weighted by molar-refractivity contribution is 6.16. The third-order valence-electron chi connectivity index (χ3n) is 7.51. The highest BCUT2D eigenvalue weighted by atomic mass is 16.2. The van der Waals surface area contributed by atoms with Gasteiger partial charge >= 0.3 is 0 Å². The maximum absolute atomic E-state index is 13.4. The third kappa shape index (κ3) is 5.91. The number of hydrogen-bond donors (Lipinski definition) is 4. The molecule has 206 valence electrons. The molecule has 10 nitrogen and oxygen atoms in total. The molecule has 1 unspecified atom stereocenters. The van der Waals surface area contributed by atoms with Crippen LogP contribution in [-0.2, 0) is 30.4 Å². The van der Waals surface area contributed by atoms with Crippen LogP contribution in [0.4, 0.5) is 0 Å². The van der Waals surface area contributed by atoms with Crippen molar-refractivity contribution in [2.75, 3.05) is 6.54 Å². The molecular weight excluding hydrogens is 498 g/mol. The van der Waals surface area contributed by atoms with Crippen LogP contribution < -0.4 is 21.8 Å². The van der Waals surface area contributed by atoms with Crippen molar-refractivity contribution in [2.24, 2.45) is 23.6 Å². The Morgan fingerprint density at radius 1 is 1.00 bits per heavy atom. The zero-order valence-corrected chi connectivity index (χ0v) is 22.3. The first kappa shape index (κ1) is 28.1. The summed E-state index contributed by atoms with van der Waals surface area (Å²) in [6.45, 7) is 5.63. The third-order valence-corrected chi connectivity index (χ3v) is 7.51. The normalized spacial score (nSPS) is 22.3. The number of nitrogens with one attached hydrogen (secondary N) is 3. The van der Waals surface area contributed by atoms with Crippen LogP contribution in [0, 0.1) is 17.8 Å². The summed E-state index contributed by atoms with van der Waals surface area (Å²) >= 11 is 0. The summed E-state index contributed by atoms with van der Waals surface area (Å²) in [6.07, 6.45) is 0.696. The first-order valence-corrected chi connectivity index (χ1v) is 13.2. The molecule has 4 rings (SSSR count). The van der Waals surface area contributed by atoms with Gasteiger partial charge in [-0.1, -0.05) is 75.4 Å². The number of carbonyl (C=O) groups is 5. The molecule has 39 heavy (non-hydrogen) atoms. The van der Waals surface area contributed by atoms with Crippen molar-refractivity contribution in [3.63, 3.8) is 0 Å². The van der Waals surface area contributed by atoms with E-state index in [0.29, 0.717) is 11.6 Å². The van der Waals surface area contributed by atoms with E-state index in [-0.39, 0.29) is 18.2 Å². The fourth-order valence-corrected chi connectivity index (χ4v) is 5.31. The zero-order valence-electron chi connectivity index (χ0n) is 22.3. The van der Waals surface area contributed by atoms with Gasteiger partial charge in [0.15, 0.2) is 5.78 Å². The Kier molecular flexibility index (Phi) is 8.57. The Bertz CT molecular complexity index is 1260. The van der Waals surface area contributed by atoms with Crippen molar-refractivity contribution < 1.29 is 24.0 Å². The summed E-state index contributed by atoms with van der Waals surface area (Å²) in [7, 11) is 0. The first-order chi connectivity index (χ1) is 18.6. The van der Waals surface area contributed by atoms with E-state index >= 15 is 0 Å². The Morgan fingerprint density at radius 3 is 2.31 bits per heavy atom. The largest absolute Gasteiger partial charge is 0.347 e. The monoisotopic (exact) mass is 533 g/mol. The van der Waals surface area contributed by atoms with Gasteiger partial charge in [0.05, 0.1) is 24.4 Å². The van der Waals surface area contributed by atoms with E-state index in [1.54, 1.807) is 13.8 Å². The summed E-state index contributed by atoms with van der Waals surface area (Å²) in [5.74, 6) is 0.343. The van der Waals surface area contributed by atoms with Gasteiger partial charge in [0, 0.05) is 6.54 Å². The minimum Gasteiger partial charge on any atom is -0.347 e. The summed E-state index contributed by atoms with van der Waals surface area (Å²) in [5.41, 5.74) is 2.75. The van der Waals surface area contributed by atoms with Crippen LogP contribution in [0.3, 0.4) is 0 Å². The molecule has 2 aromatic rings. The van der Waals surface area contributed by atoms with Gasteiger partial charge in [-0.3, -0.25) is 24.0 Å². The number of hydrogen-bond acceptors (Lipinski definition) is 7. The van der Waals surface area contributed by atoms with Crippen LogP contribution in [0.1, 0.15) is 56.0 Å². The standard InChI is InChI=1S/C29H35N5O5/c1-16(2)24(26(36)23-17(3)28(38)34(30)29(23)39)33-22(35)15-21(19-10-5-4-6-11-19)32-27(37)25-20-12-8-7-9-18(20)13-14-31-25/h4-12,16-17,21,23-25,31H,13-15,30H2,1-3H3,(H,32,37)(H,33,35)/t17-,21-,23+,24-,25?/m0/s1. The van der Waals surface area contributed by atoms with Crippen molar-refractivity contribution in [2.45, 2.75) is 51.7 Å². The molecular formula is C29H35N5O5. The number of nitrogens with two attached hydrogens (primary N) is 1. The Labute approximate surface area is 227 Å². The molecule has 10 heteroatoms. The van der Waals surface area contributed by atoms with Gasteiger partial charge < -0.3 is 16.0 Å². The van der Waals surface area contributed by atoms with Crippen LogP contribution in [0.5, 0.6) is 0 Å². The maximum atomic E-state index is 13.4. The van der Waals surface area contributed by atoms with Crippen molar-refractivity contribution in [1.29, 1.82) is 0 Å². The van der Waals surface area contributed by atoms with Gasteiger partial charge in [-0.2, -0.15) is 0 Å². The minimum absolute atomic E-state index is 0.128. The lowest BCUT2D eigenvalue weighted by Crippen LogP contribution is -2.50. The number of hydrazine groups is 1. The number of carbonyl (C=O) groups excluding carboxylic acids is 5. The quantitative estimate of drug-likeness (QED) is 0.164. The second-order valence-electron chi connectivity index (χ2n) is 10.5. The predicted molar refractivity (Wildman–Crippen MR) is 143 cm³/mol. The molecule has 2 aromatic carbocycles. The number of Topliss-reactive ketones (excluding diaryl/α,β-unsaturated/α-hetero) is 1. The number of amides is 4. The van der Waals surface area contributed by atoms with Crippen LogP contribution in [-0.4, -0.2) is 47.0 Å². The van der Waals surface area contributed by atoms with Crippen molar-refractivity contribution in [1.82, 2.24) is 21.0 Å². The highest BCUT2D eigenvalue weighted by Gasteiger charge is 2.50. The first-order valence-electron chi connectivity index (χ1n) is 13.2. The molecule has 0 aliphatic carbocycles. The molecule has 4 amide bonds. The Balaban J connectivity index is 1.51. The maximum Gasteiger partial charge on any atom is 0.255 e. The van der Waals surface area contributed by atoms with Crippen LogP contribution in [0.25, 0.3) is 0 Å². The summed E-state index contributed by atoms with van der Waals surface area (Å²) in [4.78, 5) is 64.7. The smallest absolute Gasteiger partial charge is 0.255 e. The van der Waals surface area contributed by atoms with E-state index in [9.17, 15) is 24.0 Å². The van der Waals surface area contributed by atoms with Gasteiger partial charge in [-0.25, -0.2) is 10.9 Å². The Morgan fingerprint density at radius 2 is 1.67 bits per heavy atom. The predicted octanol–water partition coefficient (Wildman–Crippen LogP) is 1.33. The highest BCUT2D eigenvalue weighted by Crippen LogP contribution is 2.28. The summed E-state index contributed by atoms with van der Waals surface area (Å²) < 4.78 is 0. The molecule has 0 radical (unpaired) electrons. The molecule has 1 fully saturated rings. The van der Waals surface area contributed by atoms with Crippen molar-refractivity contribution in [3.05, 3.63) is 71.3 Å². The molecule has 5 N–H and O–H groups in total. The van der Waals surface area contributed by atoms with E-state index in [0.717, 1.165) is 23.1 Å². The van der Waals surface area contributed by atoms with E-state index in [4.69, 9.17) is 5.84 Å². The van der Waals surface area contributed by atoms with E-state index in [1.807, 2.05) is 54.6 Å². The molecule has 2 aliphatic heterocycles.